The Morgan fingerprint density at radius 3 is 2.07 bits per heavy atom. The number of benzene rings is 2. The van der Waals surface area contributed by atoms with E-state index in [2.05, 4.69) is 4.90 Å². The van der Waals surface area contributed by atoms with Crippen LogP contribution in [0.25, 0.3) is 0 Å². The summed E-state index contributed by atoms with van der Waals surface area (Å²) in [5, 5.41) is 0.617. The number of hydrogen-bond donors (Lipinski definition) is 0. The van der Waals surface area contributed by atoms with Gasteiger partial charge >= 0.3 is 0 Å². The molecule has 0 bridgehead atoms. The second kappa shape index (κ2) is 8.48. The van der Waals surface area contributed by atoms with Gasteiger partial charge in [-0.25, -0.2) is 0 Å². The molecular formula is C23H24ClN3O3. The average Bonchev–Trinajstić information content (AvgIpc) is 3.15. The highest BCUT2D eigenvalue weighted by molar-refractivity contribution is 6.30. The maximum absolute atomic E-state index is 13.0. The summed E-state index contributed by atoms with van der Waals surface area (Å²) in [7, 11) is 0. The van der Waals surface area contributed by atoms with Crippen LogP contribution in [-0.4, -0.2) is 55.2 Å². The molecule has 2 amide bonds. The van der Waals surface area contributed by atoms with Crippen molar-refractivity contribution in [1.82, 2.24) is 4.90 Å². The van der Waals surface area contributed by atoms with E-state index >= 15 is 0 Å². The van der Waals surface area contributed by atoms with E-state index < -0.39 is 5.92 Å². The summed E-state index contributed by atoms with van der Waals surface area (Å²) in [4.78, 5) is 43.0. The number of amides is 2. The van der Waals surface area contributed by atoms with Gasteiger partial charge in [0, 0.05) is 54.7 Å². The molecule has 7 heteroatoms. The lowest BCUT2D eigenvalue weighted by atomic mass is 10.1. The van der Waals surface area contributed by atoms with Crippen LogP contribution in [0.4, 0.5) is 11.4 Å². The molecule has 0 radical (unpaired) electrons. The van der Waals surface area contributed by atoms with Gasteiger partial charge in [0.2, 0.25) is 11.8 Å². The molecule has 0 spiro atoms. The van der Waals surface area contributed by atoms with Crippen molar-refractivity contribution in [1.29, 1.82) is 0 Å². The first kappa shape index (κ1) is 20.4. The minimum atomic E-state index is -0.609. The molecule has 0 saturated carbocycles. The quantitative estimate of drug-likeness (QED) is 0.557. The summed E-state index contributed by atoms with van der Waals surface area (Å²) >= 11 is 5.93. The fourth-order valence-electron chi connectivity index (χ4n) is 4.10. The van der Waals surface area contributed by atoms with Crippen LogP contribution in [-0.2, 0) is 9.59 Å². The molecule has 156 valence electrons. The van der Waals surface area contributed by atoms with Crippen LogP contribution in [0.1, 0.15) is 23.7 Å². The molecule has 30 heavy (non-hydrogen) atoms. The first-order valence-corrected chi connectivity index (χ1v) is 10.5. The van der Waals surface area contributed by atoms with Gasteiger partial charge in [-0.15, -0.1) is 0 Å². The molecule has 0 N–H and O–H groups in total. The Bertz CT molecular complexity index is 951. The van der Waals surface area contributed by atoms with E-state index in [0.29, 0.717) is 49.7 Å². The van der Waals surface area contributed by atoms with Gasteiger partial charge in [0.1, 0.15) is 5.92 Å². The molecule has 2 saturated heterocycles. The minimum Gasteiger partial charge on any atom is -0.368 e. The molecule has 0 aliphatic carbocycles. The second-order valence-electron chi connectivity index (χ2n) is 7.72. The number of carbonyl (C=O) groups is 3. The van der Waals surface area contributed by atoms with Crippen molar-refractivity contribution in [2.45, 2.75) is 13.3 Å². The number of hydrogen-bond acceptors (Lipinski definition) is 4. The predicted octanol–water partition coefficient (Wildman–Crippen LogP) is 3.24. The molecule has 0 aromatic heterocycles. The largest absolute Gasteiger partial charge is 0.368 e. The Balaban J connectivity index is 1.35. The van der Waals surface area contributed by atoms with E-state index in [-0.39, 0.29) is 17.6 Å². The van der Waals surface area contributed by atoms with Crippen LogP contribution in [0.15, 0.2) is 48.5 Å². The molecule has 2 aliphatic heterocycles. The predicted molar refractivity (Wildman–Crippen MR) is 117 cm³/mol. The van der Waals surface area contributed by atoms with Crippen LogP contribution in [0.3, 0.4) is 0 Å². The van der Waals surface area contributed by atoms with E-state index in [9.17, 15) is 14.4 Å². The SMILES string of the molecule is CC(=O)c1ccc(N2CCN(C(=O)C3CCN(c4ccc(Cl)cc4)C3=O)CC2)cc1. The van der Waals surface area contributed by atoms with E-state index in [1.165, 1.54) is 0 Å². The first-order chi connectivity index (χ1) is 14.4. The van der Waals surface area contributed by atoms with Crippen molar-refractivity contribution in [3.63, 3.8) is 0 Å². The molecule has 2 aromatic rings. The summed E-state index contributed by atoms with van der Waals surface area (Å²) in [5.41, 5.74) is 2.51. The summed E-state index contributed by atoms with van der Waals surface area (Å²) in [6.07, 6.45) is 0.535. The molecule has 2 aromatic carbocycles. The Morgan fingerprint density at radius 2 is 1.47 bits per heavy atom. The molecule has 1 unspecified atom stereocenters. The lowest BCUT2D eigenvalue weighted by Crippen LogP contribution is -2.51. The van der Waals surface area contributed by atoms with Crippen LogP contribution >= 0.6 is 11.6 Å². The van der Waals surface area contributed by atoms with Gasteiger partial charge in [-0.1, -0.05) is 11.6 Å². The number of nitrogens with zero attached hydrogens (tertiary/aromatic N) is 3. The zero-order valence-electron chi connectivity index (χ0n) is 16.9. The molecule has 2 aliphatic rings. The van der Waals surface area contributed by atoms with E-state index in [0.717, 1.165) is 11.4 Å². The lowest BCUT2D eigenvalue weighted by Gasteiger charge is -2.37. The van der Waals surface area contributed by atoms with Gasteiger partial charge in [0.15, 0.2) is 5.78 Å². The summed E-state index contributed by atoms with van der Waals surface area (Å²) in [5.74, 6) is -0.777. The summed E-state index contributed by atoms with van der Waals surface area (Å²) < 4.78 is 0. The van der Waals surface area contributed by atoms with Crippen LogP contribution in [0.2, 0.25) is 5.02 Å². The third kappa shape index (κ3) is 4.05. The minimum absolute atomic E-state index is 0.0471. The Hall–Kier alpha value is -2.86. The number of piperazine rings is 1. The highest BCUT2D eigenvalue weighted by Crippen LogP contribution is 2.28. The Labute approximate surface area is 181 Å². The first-order valence-electron chi connectivity index (χ1n) is 10.2. The zero-order valence-corrected chi connectivity index (χ0v) is 17.6. The maximum Gasteiger partial charge on any atom is 0.239 e. The van der Waals surface area contributed by atoms with Crippen molar-refractivity contribution < 1.29 is 14.4 Å². The number of anilines is 2. The van der Waals surface area contributed by atoms with Gasteiger partial charge in [0.05, 0.1) is 0 Å². The van der Waals surface area contributed by atoms with Crippen molar-refractivity contribution >= 4 is 40.6 Å². The molecule has 4 rings (SSSR count). The Morgan fingerprint density at radius 1 is 0.867 bits per heavy atom. The normalized spacial score (nSPS) is 19.3. The number of Topliss-reactive ketones (excluding diaryl/α,β-unsaturated/α-hetero) is 1. The van der Waals surface area contributed by atoms with Crippen molar-refractivity contribution in [2.24, 2.45) is 5.92 Å². The van der Waals surface area contributed by atoms with E-state index in [1.54, 1.807) is 28.9 Å². The maximum atomic E-state index is 13.0. The van der Waals surface area contributed by atoms with Gasteiger partial charge in [-0.2, -0.15) is 0 Å². The topological polar surface area (TPSA) is 60.9 Å². The highest BCUT2D eigenvalue weighted by atomic mass is 35.5. The van der Waals surface area contributed by atoms with Crippen LogP contribution in [0, 0.1) is 5.92 Å². The number of rotatable bonds is 4. The van der Waals surface area contributed by atoms with Gasteiger partial charge in [-0.05, 0) is 61.9 Å². The summed E-state index contributed by atoms with van der Waals surface area (Å²) in [6.45, 7) is 4.66. The lowest BCUT2D eigenvalue weighted by molar-refractivity contribution is -0.140. The highest BCUT2D eigenvalue weighted by Gasteiger charge is 2.40. The number of ketones is 1. The van der Waals surface area contributed by atoms with Crippen LogP contribution < -0.4 is 9.80 Å². The van der Waals surface area contributed by atoms with E-state index in [4.69, 9.17) is 11.6 Å². The smallest absolute Gasteiger partial charge is 0.239 e. The monoisotopic (exact) mass is 425 g/mol. The molecule has 1 atom stereocenters. The van der Waals surface area contributed by atoms with Gasteiger partial charge in [-0.3, -0.25) is 14.4 Å². The number of carbonyl (C=O) groups excluding carboxylic acids is 3. The van der Waals surface area contributed by atoms with Gasteiger partial charge in [0.25, 0.3) is 0 Å². The van der Waals surface area contributed by atoms with Crippen molar-refractivity contribution in [2.75, 3.05) is 42.5 Å². The third-order valence-corrected chi connectivity index (χ3v) is 6.12. The molecule has 6 nitrogen and oxygen atoms in total. The van der Waals surface area contributed by atoms with Crippen LogP contribution in [0.5, 0.6) is 0 Å². The standard InChI is InChI=1S/C23H24ClN3O3/c1-16(28)17-2-6-19(7-3-17)25-12-14-26(15-13-25)22(29)21-10-11-27(23(21)30)20-8-4-18(24)5-9-20/h2-9,21H,10-15H2,1H3. The summed E-state index contributed by atoms with van der Waals surface area (Å²) in [6, 6.07) is 14.7. The molecule has 2 fully saturated rings. The fourth-order valence-corrected chi connectivity index (χ4v) is 4.22. The molecule has 2 heterocycles. The number of halogens is 1. The Kier molecular flexibility index (Phi) is 5.77. The zero-order chi connectivity index (χ0) is 21.3. The van der Waals surface area contributed by atoms with E-state index in [1.807, 2.05) is 36.4 Å². The fraction of sp³-hybridized carbons (Fsp3) is 0.348. The third-order valence-electron chi connectivity index (χ3n) is 5.87. The van der Waals surface area contributed by atoms with Gasteiger partial charge < -0.3 is 14.7 Å². The van der Waals surface area contributed by atoms with Crippen molar-refractivity contribution in [3.05, 3.63) is 59.1 Å². The van der Waals surface area contributed by atoms with Crippen molar-refractivity contribution in [3.8, 4) is 0 Å². The average molecular weight is 426 g/mol. The molecular weight excluding hydrogens is 402 g/mol. The second-order valence-corrected chi connectivity index (χ2v) is 8.16.